The normalized spacial score (nSPS) is 19.4. The SMILES string of the molecule is CCCOc1cccc2c1nc(N)n2C1CCCSC1. The predicted molar refractivity (Wildman–Crippen MR) is 85.5 cm³/mol. The predicted octanol–water partition coefficient (Wildman–Crippen LogP) is 3.48. The summed E-state index contributed by atoms with van der Waals surface area (Å²) in [7, 11) is 0. The van der Waals surface area contributed by atoms with Crippen LogP contribution in [0.5, 0.6) is 5.75 Å². The van der Waals surface area contributed by atoms with Crippen LogP contribution in [0.25, 0.3) is 11.0 Å². The molecule has 5 heteroatoms. The van der Waals surface area contributed by atoms with Crippen LogP contribution < -0.4 is 10.5 Å². The number of anilines is 1. The van der Waals surface area contributed by atoms with Crippen LogP contribution in [0.4, 0.5) is 5.95 Å². The molecule has 2 aromatic rings. The molecule has 0 radical (unpaired) electrons. The van der Waals surface area contributed by atoms with E-state index in [4.69, 9.17) is 10.5 Å². The van der Waals surface area contributed by atoms with Crippen molar-refractivity contribution in [3.8, 4) is 5.75 Å². The third kappa shape index (κ3) is 2.46. The fourth-order valence-electron chi connectivity index (χ4n) is 2.75. The highest BCUT2D eigenvalue weighted by Gasteiger charge is 2.21. The van der Waals surface area contributed by atoms with Gasteiger partial charge in [-0.1, -0.05) is 13.0 Å². The van der Waals surface area contributed by atoms with E-state index in [1.165, 1.54) is 18.6 Å². The Bertz CT molecular complexity index is 590. The summed E-state index contributed by atoms with van der Waals surface area (Å²) in [5.41, 5.74) is 8.17. The fourth-order valence-corrected chi connectivity index (χ4v) is 3.87. The van der Waals surface area contributed by atoms with Crippen molar-refractivity contribution in [1.82, 2.24) is 9.55 Å². The number of imidazole rings is 1. The van der Waals surface area contributed by atoms with E-state index in [1.807, 2.05) is 23.9 Å². The second kappa shape index (κ2) is 5.95. The van der Waals surface area contributed by atoms with Crippen molar-refractivity contribution in [3.63, 3.8) is 0 Å². The Morgan fingerprint density at radius 3 is 3.15 bits per heavy atom. The van der Waals surface area contributed by atoms with Gasteiger partial charge in [0.1, 0.15) is 11.3 Å². The van der Waals surface area contributed by atoms with Crippen LogP contribution in [0.3, 0.4) is 0 Å². The zero-order valence-corrected chi connectivity index (χ0v) is 12.7. The third-order valence-electron chi connectivity index (χ3n) is 3.67. The number of thioether (sulfide) groups is 1. The highest BCUT2D eigenvalue weighted by Crippen LogP contribution is 2.34. The van der Waals surface area contributed by atoms with Crippen molar-refractivity contribution < 1.29 is 4.74 Å². The molecule has 0 saturated carbocycles. The molecule has 1 saturated heterocycles. The highest BCUT2D eigenvalue weighted by molar-refractivity contribution is 7.99. The first-order valence-electron chi connectivity index (χ1n) is 7.28. The number of hydrogen-bond donors (Lipinski definition) is 1. The molecule has 0 spiro atoms. The lowest BCUT2D eigenvalue weighted by Gasteiger charge is -2.24. The van der Waals surface area contributed by atoms with E-state index in [0.717, 1.165) is 29.0 Å². The first kappa shape index (κ1) is 13.6. The summed E-state index contributed by atoms with van der Waals surface area (Å²) in [6.45, 7) is 2.82. The summed E-state index contributed by atoms with van der Waals surface area (Å²) in [5, 5.41) is 0. The van der Waals surface area contributed by atoms with Crippen molar-refractivity contribution in [3.05, 3.63) is 18.2 Å². The lowest BCUT2D eigenvalue weighted by molar-refractivity contribution is 0.320. The molecular formula is C15H21N3OS. The van der Waals surface area contributed by atoms with Gasteiger partial charge in [-0.15, -0.1) is 0 Å². The molecule has 1 aromatic carbocycles. The maximum atomic E-state index is 6.17. The first-order chi connectivity index (χ1) is 9.81. The number of hydrogen-bond acceptors (Lipinski definition) is 4. The molecule has 1 unspecified atom stereocenters. The molecule has 3 rings (SSSR count). The number of aromatic nitrogens is 2. The summed E-state index contributed by atoms with van der Waals surface area (Å²) in [6.07, 6.45) is 3.43. The van der Waals surface area contributed by atoms with Crippen LogP contribution in [0.15, 0.2) is 18.2 Å². The van der Waals surface area contributed by atoms with Gasteiger partial charge < -0.3 is 15.0 Å². The van der Waals surface area contributed by atoms with Gasteiger partial charge in [0.05, 0.1) is 12.1 Å². The van der Waals surface area contributed by atoms with Crippen LogP contribution >= 0.6 is 11.8 Å². The summed E-state index contributed by atoms with van der Waals surface area (Å²) in [4.78, 5) is 4.55. The number of para-hydroxylation sites is 1. The van der Waals surface area contributed by atoms with Crippen LogP contribution in [0.1, 0.15) is 32.2 Å². The number of fused-ring (bicyclic) bond motifs is 1. The van der Waals surface area contributed by atoms with Gasteiger partial charge >= 0.3 is 0 Å². The van der Waals surface area contributed by atoms with Crippen LogP contribution in [0, 0.1) is 0 Å². The topological polar surface area (TPSA) is 53.1 Å². The standard InChI is InChI=1S/C15H21N3OS/c1-2-8-19-13-7-3-6-12-14(13)17-15(16)18(12)11-5-4-9-20-10-11/h3,6-7,11H,2,4-5,8-10H2,1H3,(H2,16,17). The molecular weight excluding hydrogens is 270 g/mol. The highest BCUT2D eigenvalue weighted by atomic mass is 32.2. The Labute approximate surface area is 123 Å². The Kier molecular flexibility index (Phi) is 4.05. The van der Waals surface area contributed by atoms with E-state index in [-0.39, 0.29) is 0 Å². The molecule has 1 fully saturated rings. The quantitative estimate of drug-likeness (QED) is 0.937. The third-order valence-corrected chi connectivity index (χ3v) is 4.87. The lowest BCUT2D eigenvalue weighted by Crippen LogP contribution is -2.17. The van der Waals surface area contributed by atoms with Crippen LogP contribution in [-0.2, 0) is 0 Å². The van der Waals surface area contributed by atoms with Crippen molar-refractivity contribution >= 4 is 28.7 Å². The fraction of sp³-hybridized carbons (Fsp3) is 0.533. The lowest BCUT2D eigenvalue weighted by atomic mass is 10.1. The monoisotopic (exact) mass is 291 g/mol. The number of nitrogen functional groups attached to an aromatic ring is 1. The molecule has 1 atom stereocenters. The zero-order valence-electron chi connectivity index (χ0n) is 11.8. The zero-order chi connectivity index (χ0) is 13.9. The van der Waals surface area contributed by atoms with Crippen LogP contribution in [0.2, 0.25) is 0 Å². The van der Waals surface area contributed by atoms with Gasteiger partial charge in [0, 0.05) is 11.8 Å². The van der Waals surface area contributed by atoms with E-state index in [9.17, 15) is 0 Å². The summed E-state index contributed by atoms with van der Waals surface area (Å²) in [6, 6.07) is 6.56. The Morgan fingerprint density at radius 2 is 2.40 bits per heavy atom. The summed E-state index contributed by atoms with van der Waals surface area (Å²) in [5.74, 6) is 3.84. The molecule has 4 nitrogen and oxygen atoms in total. The van der Waals surface area contributed by atoms with Gasteiger partial charge in [0.15, 0.2) is 0 Å². The summed E-state index contributed by atoms with van der Waals surface area (Å²) >= 11 is 2.00. The van der Waals surface area contributed by atoms with Crippen molar-refractivity contribution in [1.29, 1.82) is 0 Å². The molecule has 20 heavy (non-hydrogen) atoms. The molecule has 0 aliphatic carbocycles. The average Bonchev–Trinajstić information content (AvgIpc) is 2.82. The second-order valence-electron chi connectivity index (χ2n) is 5.18. The number of benzene rings is 1. The first-order valence-corrected chi connectivity index (χ1v) is 8.43. The summed E-state index contributed by atoms with van der Waals surface area (Å²) < 4.78 is 7.98. The Balaban J connectivity index is 2.02. The van der Waals surface area contributed by atoms with E-state index < -0.39 is 0 Å². The molecule has 1 aromatic heterocycles. The molecule has 2 heterocycles. The number of rotatable bonds is 4. The van der Waals surface area contributed by atoms with E-state index in [1.54, 1.807) is 0 Å². The number of nitrogens with zero attached hydrogens (tertiary/aromatic N) is 2. The Hall–Kier alpha value is -1.36. The average molecular weight is 291 g/mol. The molecule has 1 aliphatic rings. The van der Waals surface area contributed by atoms with Crippen molar-refractivity contribution in [2.24, 2.45) is 0 Å². The second-order valence-corrected chi connectivity index (χ2v) is 6.33. The largest absolute Gasteiger partial charge is 0.491 e. The Morgan fingerprint density at radius 1 is 1.50 bits per heavy atom. The van der Waals surface area contributed by atoms with Crippen LogP contribution in [-0.4, -0.2) is 27.7 Å². The molecule has 1 aliphatic heterocycles. The molecule has 108 valence electrons. The van der Waals surface area contributed by atoms with Gasteiger partial charge in [-0.05, 0) is 37.1 Å². The maximum Gasteiger partial charge on any atom is 0.201 e. The van der Waals surface area contributed by atoms with Gasteiger partial charge in [0.2, 0.25) is 5.95 Å². The van der Waals surface area contributed by atoms with Gasteiger partial charge in [-0.3, -0.25) is 0 Å². The number of ether oxygens (including phenoxy) is 1. The molecule has 0 bridgehead atoms. The minimum Gasteiger partial charge on any atom is -0.491 e. The van der Waals surface area contributed by atoms with Crippen molar-refractivity contribution in [2.75, 3.05) is 23.8 Å². The smallest absolute Gasteiger partial charge is 0.201 e. The van der Waals surface area contributed by atoms with Gasteiger partial charge in [-0.25, -0.2) is 4.98 Å². The molecule has 0 amide bonds. The van der Waals surface area contributed by atoms with Gasteiger partial charge in [0.25, 0.3) is 0 Å². The van der Waals surface area contributed by atoms with E-state index in [0.29, 0.717) is 18.6 Å². The van der Waals surface area contributed by atoms with Gasteiger partial charge in [-0.2, -0.15) is 11.8 Å². The number of nitrogens with two attached hydrogens (primary N) is 1. The minimum atomic E-state index is 0.458. The van der Waals surface area contributed by atoms with E-state index in [2.05, 4.69) is 22.5 Å². The minimum absolute atomic E-state index is 0.458. The molecule has 2 N–H and O–H groups in total. The van der Waals surface area contributed by atoms with E-state index >= 15 is 0 Å². The van der Waals surface area contributed by atoms with Crippen molar-refractivity contribution in [2.45, 2.75) is 32.2 Å². The maximum absolute atomic E-state index is 6.17.